The molecule has 1 unspecified atom stereocenters. The molecule has 0 heterocycles. The highest BCUT2D eigenvalue weighted by atomic mass is 35.5. The van der Waals surface area contributed by atoms with Crippen LogP contribution in [0.25, 0.3) is 0 Å². The molecule has 0 aliphatic carbocycles. The van der Waals surface area contributed by atoms with Crippen molar-refractivity contribution in [2.24, 2.45) is 5.73 Å². The lowest BCUT2D eigenvalue weighted by molar-refractivity contribution is 0.262. The number of hydrogen-bond donors (Lipinski definition) is 1. The summed E-state index contributed by atoms with van der Waals surface area (Å²) in [7, 11) is 0. The van der Waals surface area contributed by atoms with E-state index in [1.807, 2.05) is 26.0 Å². The Balaban J connectivity index is 2.84. The van der Waals surface area contributed by atoms with Gasteiger partial charge in [0.1, 0.15) is 16.8 Å². The molecule has 0 aliphatic heterocycles. The van der Waals surface area contributed by atoms with Crippen molar-refractivity contribution in [1.82, 2.24) is 0 Å². The van der Waals surface area contributed by atoms with E-state index in [1.165, 1.54) is 0 Å². The molecular weight excluding hydrogens is 230 g/mol. The second-order valence-electron chi connectivity index (χ2n) is 3.33. The van der Waals surface area contributed by atoms with Crippen molar-refractivity contribution in [1.29, 1.82) is 0 Å². The fourth-order valence-electron chi connectivity index (χ4n) is 1.24. The quantitative estimate of drug-likeness (QED) is 0.826. The van der Waals surface area contributed by atoms with Crippen molar-refractivity contribution in [2.75, 3.05) is 0 Å². The summed E-state index contributed by atoms with van der Waals surface area (Å²) in [5.41, 5.74) is 6.54. The molecule has 1 rings (SSSR count). The van der Waals surface area contributed by atoms with Gasteiger partial charge in [0.25, 0.3) is 0 Å². The fraction of sp³-hybridized carbons (Fsp3) is 0.364. The highest BCUT2D eigenvalue weighted by Crippen LogP contribution is 2.23. The van der Waals surface area contributed by atoms with Crippen molar-refractivity contribution in [2.45, 2.75) is 26.4 Å². The van der Waals surface area contributed by atoms with Crippen LogP contribution < -0.4 is 10.5 Å². The van der Waals surface area contributed by atoms with E-state index in [-0.39, 0.29) is 6.10 Å². The summed E-state index contributed by atoms with van der Waals surface area (Å²) in [5.74, 6) is 0.777. The zero-order valence-corrected chi connectivity index (χ0v) is 10.4. The molecule has 0 aromatic heterocycles. The van der Waals surface area contributed by atoms with Gasteiger partial charge in [-0.3, -0.25) is 0 Å². The van der Waals surface area contributed by atoms with Gasteiger partial charge in [-0.05, 0) is 37.1 Å². The van der Waals surface area contributed by atoms with Crippen LogP contribution in [0.2, 0.25) is 5.02 Å². The van der Waals surface area contributed by atoms with Gasteiger partial charge in [-0.25, -0.2) is 0 Å². The van der Waals surface area contributed by atoms with Gasteiger partial charge in [-0.15, -0.1) is 0 Å². The number of aryl methyl sites for hydroxylation is 1. The Labute approximate surface area is 100 Å². The summed E-state index contributed by atoms with van der Waals surface area (Å²) in [5, 5.41) is 0.697. The molecule has 0 radical (unpaired) electrons. The largest absolute Gasteiger partial charge is 0.483 e. The van der Waals surface area contributed by atoms with Crippen LogP contribution in [0, 0.1) is 6.92 Å². The van der Waals surface area contributed by atoms with Crippen molar-refractivity contribution >= 4 is 28.8 Å². The van der Waals surface area contributed by atoms with E-state index in [4.69, 9.17) is 34.3 Å². The summed E-state index contributed by atoms with van der Waals surface area (Å²) in [6, 6.07) is 5.47. The molecule has 1 aromatic rings. The molecule has 2 N–H and O–H groups in total. The lowest BCUT2D eigenvalue weighted by Gasteiger charge is -2.17. The number of rotatable bonds is 4. The lowest BCUT2D eigenvalue weighted by atomic mass is 10.2. The first kappa shape index (κ1) is 12.3. The average molecular weight is 244 g/mol. The summed E-state index contributed by atoms with van der Waals surface area (Å²) in [4.78, 5) is 0.381. The van der Waals surface area contributed by atoms with Crippen molar-refractivity contribution in [3.63, 3.8) is 0 Å². The van der Waals surface area contributed by atoms with E-state index in [0.717, 1.165) is 17.7 Å². The monoisotopic (exact) mass is 243 g/mol. The van der Waals surface area contributed by atoms with Crippen molar-refractivity contribution in [3.05, 3.63) is 28.8 Å². The second kappa shape index (κ2) is 5.33. The van der Waals surface area contributed by atoms with Gasteiger partial charge in [-0.1, -0.05) is 30.7 Å². The molecule has 82 valence electrons. The SMILES string of the molecule is CCC(Oc1ccc(Cl)cc1C)C(N)=S. The molecule has 0 saturated heterocycles. The molecule has 0 saturated carbocycles. The molecular formula is C11H14ClNOS. The number of hydrogen-bond acceptors (Lipinski definition) is 2. The normalized spacial score (nSPS) is 12.2. The zero-order valence-electron chi connectivity index (χ0n) is 8.79. The Bertz CT molecular complexity index is 368. The van der Waals surface area contributed by atoms with Crippen LogP contribution in [0.3, 0.4) is 0 Å². The maximum atomic E-state index is 5.84. The van der Waals surface area contributed by atoms with Crippen molar-refractivity contribution < 1.29 is 4.74 Å². The minimum atomic E-state index is -0.208. The minimum Gasteiger partial charge on any atom is -0.483 e. The molecule has 0 amide bonds. The molecule has 0 aliphatic rings. The Morgan fingerprint density at radius 1 is 1.60 bits per heavy atom. The molecule has 1 aromatic carbocycles. The minimum absolute atomic E-state index is 0.208. The second-order valence-corrected chi connectivity index (χ2v) is 4.23. The van der Waals surface area contributed by atoms with E-state index in [0.29, 0.717) is 10.0 Å². The number of nitrogens with two attached hydrogens (primary N) is 1. The van der Waals surface area contributed by atoms with Gasteiger partial charge >= 0.3 is 0 Å². The van der Waals surface area contributed by atoms with Gasteiger partial charge in [0, 0.05) is 5.02 Å². The number of halogens is 1. The predicted octanol–water partition coefficient (Wildman–Crippen LogP) is 3.09. The summed E-state index contributed by atoms with van der Waals surface area (Å²) >= 11 is 10.8. The first-order valence-electron chi connectivity index (χ1n) is 4.76. The van der Waals surface area contributed by atoms with Crippen LogP contribution in [0.5, 0.6) is 5.75 Å². The van der Waals surface area contributed by atoms with E-state index >= 15 is 0 Å². The van der Waals surface area contributed by atoms with Crippen LogP contribution in [0.4, 0.5) is 0 Å². The Morgan fingerprint density at radius 3 is 2.73 bits per heavy atom. The van der Waals surface area contributed by atoms with Gasteiger partial charge in [0.05, 0.1) is 0 Å². The van der Waals surface area contributed by atoms with E-state index in [2.05, 4.69) is 0 Å². The van der Waals surface area contributed by atoms with Gasteiger partial charge in [0.15, 0.2) is 0 Å². The van der Waals surface area contributed by atoms with E-state index in [1.54, 1.807) is 6.07 Å². The lowest BCUT2D eigenvalue weighted by Crippen LogP contribution is -2.31. The fourth-order valence-corrected chi connectivity index (χ4v) is 1.68. The first-order valence-corrected chi connectivity index (χ1v) is 5.55. The van der Waals surface area contributed by atoms with E-state index < -0.39 is 0 Å². The highest BCUT2D eigenvalue weighted by molar-refractivity contribution is 7.80. The number of ether oxygens (including phenoxy) is 1. The third kappa shape index (κ3) is 3.36. The number of thiocarbonyl (C=S) groups is 1. The van der Waals surface area contributed by atoms with Crippen LogP contribution in [0.15, 0.2) is 18.2 Å². The summed E-state index contributed by atoms with van der Waals surface area (Å²) in [6.07, 6.45) is 0.553. The topological polar surface area (TPSA) is 35.2 Å². The van der Waals surface area contributed by atoms with Crippen molar-refractivity contribution in [3.8, 4) is 5.75 Å². The average Bonchev–Trinajstić information content (AvgIpc) is 2.16. The van der Waals surface area contributed by atoms with E-state index in [9.17, 15) is 0 Å². The first-order chi connectivity index (χ1) is 7.04. The molecule has 0 spiro atoms. The summed E-state index contributed by atoms with van der Waals surface area (Å²) in [6.45, 7) is 3.92. The third-order valence-corrected chi connectivity index (χ3v) is 2.59. The molecule has 4 heteroatoms. The van der Waals surface area contributed by atoms with Crippen LogP contribution in [-0.4, -0.2) is 11.1 Å². The maximum absolute atomic E-state index is 5.84. The molecule has 0 bridgehead atoms. The Hall–Kier alpha value is -0.800. The summed E-state index contributed by atoms with van der Waals surface area (Å²) < 4.78 is 5.69. The maximum Gasteiger partial charge on any atom is 0.148 e. The third-order valence-electron chi connectivity index (χ3n) is 2.09. The smallest absolute Gasteiger partial charge is 0.148 e. The van der Waals surface area contributed by atoms with Crippen LogP contribution in [0.1, 0.15) is 18.9 Å². The Morgan fingerprint density at radius 2 is 2.27 bits per heavy atom. The highest BCUT2D eigenvalue weighted by Gasteiger charge is 2.12. The zero-order chi connectivity index (χ0) is 11.4. The predicted molar refractivity (Wildman–Crippen MR) is 67.7 cm³/mol. The van der Waals surface area contributed by atoms with Gasteiger partial charge in [-0.2, -0.15) is 0 Å². The molecule has 1 atom stereocenters. The van der Waals surface area contributed by atoms with Gasteiger partial charge in [0.2, 0.25) is 0 Å². The van der Waals surface area contributed by atoms with Crippen LogP contribution in [-0.2, 0) is 0 Å². The Kier molecular flexibility index (Phi) is 4.36. The molecule has 0 fully saturated rings. The molecule has 2 nitrogen and oxygen atoms in total. The molecule has 15 heavy (non-hydrogen) atoms. The number of benzene rings is 1. The van der Waals surface area contributed by atoms with Crippen LogP contribution >= 0.6 is 23.8 Å². The van der Waals surface area contributed by atoms with Gasteiger partial charge < -0.3 is 10.5 Å². The standard InChI is InChI=1S/C11H14ClNOS/c1-3-9(11(13)15)14-10-5-4-8(12)6-7(10)2/h4-6,9H,3H2,1-2H3,(H2,13,15).